The van der Waals surface area contributed by atoms with E-state index in [4.69, 9.17) is 0 Å². The zero-order chi connectivity index (χ0) is 16.2. The minimum absolute atomic E-state index is 0.0334. The topological polar surface area (TPSA) is 48.5 Å². The van der Waals surface area contributed by atoms with Crippen LogP contribution >= 0.6 is 0 Å². The van der Waals surface area contributed by atoms with Crippen LogP contribution in [-0.4, -0.2) is 42.1 Å². The highest BCUT2D eigenvalue weighted by Crippen LogP contribution is 2.16. The third-order valence-electron chi connectivity index (χ3n) is 4.30. The summed E-state index contributed by atoms with van der Waals surface area (Å²) in [5.41, 5.74) is 3.26. The highest BCUT2D eigenvalue weighted by molar-refractivity contribution is 5.89. The third-order valence-corrected chi connectivity index (χ3v) is 4.30. The Bertz CT molecular complexity index is 679. The van der Waals surface area contributed by atoms with Crippen molar-refractivity contribution < 1.29 is 4.79 Å². The van der Waals surface area contributed by atoms with Gasteiger partial charge in [-0.15, -0.1) is 0 Å². The molecule has 1 aliphatic rings. The third kappa shape index (κ3) is 3.62. The molecule has 1 saturated heterocycles. The number of hydrogen-bond acceptors (Lipinski definition) is 3. The van der Waals surface area contributed by atoms with Crippen LogP contribution in [0.3, 0.4) is 0 Å². The highest BCUT2D eigenvalue weighted by Gasteiger charge is 2.21. The van der Waals surface area contributed by atoms with Crippen molar-refractivity contribution in [3.63, 3.8) is 0 Å². The fraction of sp³-hybridized carbons (Fsp3) is 0.333. The minimum atomic E-state index is -0.0334. The summed E-state index contributed by atoms with van der Waals surface area (Å²) in [5, 5.41) is 2.99. The van der Waals surface area contributed by atoms with Crippen LogP contribution in [0, 0.1) is 13.8 Å². The van der Waals surface area contributed by atoms with Gasteiger partial charge in [0.25, 0.3) is 0 Å². The normalized spacial score (nSPS) is 14.7. The van der Waals surface area contributed by atoms with Crippen LogP contribution in [0.2, 0.25) is 0 Å². The summed E-state index contributed by atoms with van der Waals surface area (Å²) >= 11 is 0. The van der Waals surface area contributed by atoms with E-state index in [0.717, 1.165) is 24.6 Å². The summed E-state index contributed by atoms with van der Waals surface area (Å²) in [5.74, 6) is 0.974. The average molecular weight is 310 g/mol. The molecule has 2 heterocycles. The number of hydrogen-bond donors (Lipinski definition) is 1. The number of nitrogens with one attached hydrogen (secondary N) is 1. The van der Waals surface area contributed by atoms with E-state index in [9.17, 15) is 4.79 Å². The lowest BCUT2D eigenvalue weighted by Gasteiger charge is -2.35. The molecule has 1 aliphatic heterocycles. The average Bonchev–Trinajstić information content (AvgIpc) is 2.59. The first-order chi connectivity index (χ1) is 11.1. The van der Waals surface area contributed by atoms with Gasteiger partial charge in [-0.05, 0) is 49.2 Å². The van der Waals surface area contributed by atoms with Crippen molar-refractivity contribution >= 4 is 17.5 Å². The van der Waals surface area contributed by atoms with E-state index in [1.165, 1.54) is 11.1 Å². The molecule has 5 nitrogen and oxygen atoms in total. The number of carbonyl (C=O) groups is 1. The molecule has 2 amide bonds. The standard InChI is InChI=1S/C18H22N4O/c1-14-6-7-16(13-15(14)2)20-18(23)22-11-9-21(10-12-22)17-5-3-4-8-19-17/h3-8,13H,9-12H2,1-2H3,(H,20,23). The number of aromatic nitrogens is 1. The lowest BCUT2D eigenvalue weighted by atomic mass is 10.1. The Balaban J connectivity index is 1.57. The summed E-state index contributed by atoms with van der Waals surface area (Å²) in [6.45, 7) is 7.13. The summed E-state index contributed by atoms with van der Waals surface area (Å²) in [7, 11) is 0. The molecule has 0 bridgehead atoms. The number of aryl methyl sites for hydroxylation is 2. The van der Waals surface area contributed by atoms with Crippen LogP contribution in [0.1, 0.15) is 11.1 Å². The predicted molar refractivity (Wildman–Crippen MR) is 93.0 cm³/mol. The second-order valence-corrected chi connectivity index (χ2v) is 5.89. The van der Waals surface area contributed by atoms with Gasteiger partial charge in [-0.1, -0.05) is 12.1 Å². The molecule has 5 heteroatoms. The number of benzene rings is 1. The Hall–Kier alpha value is -2.56. The van der Waals surface area contributed by atoms with Crippen LogP contribution in [0.4, 0.5) is 16.3 Å². The monoisotopic (exact) mass is 310 g/mol. The molecule has 0 saturated carbocycles. The lowest BCUT2D eigenvalue weighted by Crippen LogP contribution is -2.50. The molecule has 1 fully saturated rings. The summed E-state index contributed by atoms with van der Waals surface area (Å²) in [6, 6.07) is 11.9. The molecule has 2 aromatic rings. The van der Waals surface area contributed by atoms with Crippen LogP contribution in [0.25, 0.3) is 0 Å². The molecule has 3 rings (SSSR count). The highest BCUT2D eigenvalue weighted by atomic mass is 16.2. The van der Waals surface area contributed by atoms with Crippen molar-refractivity contribution in [3.05, 3.63) is 53.7 Å². The quantitative estimate of drug-likeness (QED) is 0.927. The first-order valence-corrected chi connectivity index (χ1v) is 7.92. The molecule has 1 aromatic heterocycles. The molecule has 0 radical (unpaired) electrons. The number of carbonyl (C=O) groups excluding carboxylic acids is 1. The van der Waals surface area contributed by atoms with Gasteiger partial charge < -0.3 is 15.1 Å². The first kappa shape index (κ1) is 15.3. The number of anilines is 2. The van der Waals surface area contributed by atoms with E-state index >= 15 is 0 Å². The maximum atomic E-state index is 12.4. The molecule has 1 N–H and O–H groups in total. The van der Waals surface area contributed by atoms with Crippen LogP contribution in [0.5, 0.6) is 0 Å². The van der Waals surface area contributed by atoms with Gasteiger partial charge in [0, 0.05) is 38.1 Å². The Morgan fingerprint density at radius 2 is 1.83 bits per heavy atom. The van der Waals surface area contributed by atoms with Gasteiger partial charge in [-0.3, -0.25) is 0 Å². The van der Waals surface area contributed by atoms with Gasteiger partial charge in [-0.25, -0.2) is 9.78 Å². The van der Waals surface area contributed by atoms with E-state index in [1.807, 2.05) is 41.3 Å². The molecule has 0 spiro atoms. The Kier molecular flexibility index (Phi) is 4.46. The molecule has 23 heavy (non-hydrogen) atoms. The Morgan fingerprint density at radius 3 is 2.48 bits per heavy atom. The molecule has 1 aromatic carbocycles. The van der Waals surface area contributed by atoms with Gasteiger partial charge in [0.1, 0.15) is 5.82 Å². The molecule has 0 unspecified atom stereocenters. The molecule has 0 atom stereocenters. The molecule has 0 aliphatic carbocycles. The van der Waals surface area contributed by atoms with Gasteiger partial charge in [-0.2, -0.15) is 0 Å². The largest absolute Gasteiger partial charge is 0.353 e. The SMILES string of the molecule is Cc1ccc(NC(=O)N2CCN(c3ccccn3)CC2)cc1C. The number of piperazine rings is 1. The number of pyridine rings is 1. The van der Waals surface area contributed by atoms with E-state index in [-0.39, 0.29) is 6.03 Å². The van der Waals surface area contributed by atoms with Gasteiger partial charge in [0.2, 0.25) is 0 Å². The number of rotatable bonds is 2. The molecular weight excluding hydrogens is 288 g/mol. The first-order valence-electron chi connectivity index (χ1n) is 7.92. The number of amides is 2. The van der Waals surface area contributed by atoms with Crippen molar-refractivity contribution in [1.82, 2.24) is 9.88 Å². The number of nitrogens with zero attached hydrogens (tertiary/aromatic N) is 3. The zero-order valence-corrected chi connectivity index (χ0v) is 13.6. The van der Waals surface area contributed by atoms with Crippen LogP contribution in [-0.2, 0) is 0 Å². The lowest BCUT2D eigenvalue weighted by molar-refractivity contribution is 0.208. The molecule has 120 valence electrons. The maximum absolute atomic E-state index is 12.4. The van der Waals surface area contributed by atoms with Crippen molar-refractivity contribution in [3.8, 4) is 0 Å². The number of urea groups is 1. The maximum Gasteiger partial charge on any atom is 0.321 e. The summed E-state index contributed by atoms with van der Waals surface area (Å²) in [6.07, 6.45) is 1.80. The minimum Gasteiger partial charge on any atom is -0.353 e. The van der Waals surface area contributed by atoms with Crippen molar-refractivity contribution in [2.45, 2.75) is 13.8 Å². The van der Waals surface area contributed by atoms with Gasteiger partial charge >= 0.3 is 6.03 Å². The van der Waals surface area contributed by atoms with Crippen molar-refractivity contribution in [2.75, 3.05) is 36.4 Å². The van der Waals surface area contributed by atoms with Crippen molar-refractivity contribution in [2.24, 2.45) is 0 Å². The van der Waals surface area contributed by atoms with E-state index in [1.54, 1.807) is 6.20 Å². The van der Waals surface area contributed by atoms with E-state index in [2.05, 4.69) is 29.0 Å². The van der Waals surface area contributed by atoms with Crippen molar-refractivity contribution in [1.29, 1.82) is 0 Å². The Labute approximate surface area is 136 Å². The fourth-order valence-corrected chi connectivity index (χ4v) is 2.70. The fourth-order valence-electron chi connectivity index (χ4n) is 2.70. The van der Waals surface area contributed by atoms with Gasteiger partial charge in [0.15, 0.2) is 0 Å². The molecular formula is C18H22N4O. The Morgan fingerprint density at radius 1 is 1.04 bits per heavy atom. The van der Waals surface area contributed by atoms with Crippen LogP contribution < -0.4 is 10.2 Å². The van der Waals surface area contributed by atoms with Crippen LogP contribution in [0.15, 0.2) is 42.6 Å². The smallest absolute Gasteiger partial charge is 0.321 e. The van der Waals surface area contributed by atoms with Gasteiger partial charge in [0.05, 0.1) is 0 Å². The second-order valence-electron chi connectivity index (χ2n) is 5.89. The summed E-state index contributed by atoms with van der Waals surface area (Å²) < 4.78 is 0. The zero-order valence-electron chi connectivity index (χ0n) is 13.6. The summed E-state index contributed by atoms with van der Waals surface area (Å²) in [4.78, 5) is 20.8. The second kappa shape index (κ2) is 6.69. The van der Waals surface area contributed by atoms with E-state index < -0.39 is 0 Å². The predicted octanol–water partition coefficient (Wildman–Crippen LogP) is 3.05. The van der Waals surface area contributed by atoms with E-state index in [0.29, 0.717) is 13.1 Å².